The van der Waals surface area contributed by atoms with Gasteiger partial charge in [-0.25, -0.2) is 0 Å². The Morgan fingerprint density at radius 1 is 0.375 bits per heavy atom. The topological polar surface area (TPSA) is 111 Å². The molecule has 0 aromatic carbocycles. The zero-order valence-electron chi connectivity index (χ0n) is 26.1. The van der Waals surface area contributed by atoms with Crippen LogP contribution in [-0.4, -0.2) is 41.4 Å². The Labute approximate surface area is 248 Å². The molecule has 10 heteroatoms. The lowest BCUT2D eigenvalue weighted by Gasteiger charge is -2.08. The van der Waals surface area contributed by atoms with Crippen LogP contribution in [-0.2, 0) is 28.8 Å². The van der Waals surface area contributed by atoms with Gasteiger partial charge >= 0.3 is 0 Å². The van der Waals surface area contributed by atoms with E-state index in [4.69, 9.17) is 8.57 Å². The highest BCUT2D eigenvalue weighted by molar-refractivity contribution is 7.90. The van der Waals surface area contributed by atoms with E-state index in [0.717, 1.165) is 38.5 Å². The van der Waals surface area contributed by atoms with Crippen molar-refractivity contribution >= 4 is 20.2 Å². The fourth-order valence-electron chi connectivity index (χ4n) is 4.63. The molecule has 0 aliphatic heterocycles. The third-order valence-electron chi connectivity index (χ3n) is 7.22. The largest absolute Gasteiger partial charge is 0.284 e. The molecule has 0 spiro atoms. The molecule has 0 fully saturated rings. The van der Waals surface area contributed by atoms with Crippen molar-refractivity contribution in [2.45, 2.75) is 168 Å². The molecule has 0 radical (unpaired) electrons. The summed E-state index contributed by atoms with van der Waals surface area (Å²) in [5, 5.41) is 0. The first kappa shape index (κ1) is 39.7. The zero-order chi connectivity index (χ0) is 29.6. The first-order valence-corrected chi connectivity index (χ1v) is 19.8. The quantitative estimate of drug-likeness (QED) is 0.0565. The maximum Gasteiger partial charge on any atom is 0.284 e. The fraction of sp³-hybridized carbons (Fsp3) is 1.00. The van der Waals surface area contributed by atoms with Crippen molar-refractivity contribution in [1.82, 2.24) is 11.0 Å². The van der Waals surface area contributed by atoms with Crippen LogP contribution in [0.5, 0.6) is 0 Å². The lowest BCUT2D eigenvalue weighted by Crippen LogP contribution is -2.29. The van der Waals surface area contributed by atoms with Gasteiger partial charge in [-0.15, -0.1) is 0 Å². The summed E-state index contributed by atoms with van der Waals surface area (Å²) in [6, 6.07) is 0. The summed E-state index contributed by atoms with van der Waals surface area (Å²) in [6.45, 7) is 5.31. The number of rotatable bonds is 33. The third-order valence-corrected chi connectivity index (χ3v) is 9.63. The minimum atomic E-state index is -3.99. The minimum absolute atomic E-state index is 0.417. The summed E-state index contributed by atoms with van der Waals surface area (Å²) in [6.07, 6.45) is 29.5. The van der Waals surface area contributed by atoms with Gasteiger partial charge in [0.2, 0.25) is 0 Å². The molecular weight excluding hydrogens is 548 g/mol. The van der Waals surface area contributed by atoms with Gasteiger partial charge in [0.15, 0.2) is 0 Å². The monoisotopic (exact) mass is 612 g/mol. The summed E-state index contributed by atoms with van der Waals surface area (Å²) in [5.74, 6) is -1.30. The van der Waals surface area contributed by atoms with Gasteiger partial charge in [-0.1, -0.05) is 155 Å². The summed E-state index contributed by atoms with van der Waals surface area (Å²) < 4.78 is 57.4. The lowest BCUT2D eigenvalue weighted by molar-refractivity contribution is 0.197. The molecule has 0 saturated heterocycles. The van der Waals surface area contributed by atoms with Crippen LogP contribution in [0.3, 0.4) is 0 Å². The van der Waals surface area contributed by atoms with E-state index in [0.29, 0.717) is 13.1 Å². The molecule has 0 aliphatic rings. The van der Waals surface area contributed by atoms with Crippen molar-refractivity contribution in [3.8, 4) is 0 Å². The Balaban J connectivity index is 3.56. The number of nitrogens with one attached hydrogen (secondary N) is 2. The van der Waals surface area contributed by atoms with Gasteiger partial charge in [0.1, 0.15) is 0 Å². The van der Waals surface area contributed by atoms with Gasteiger partial charge < -0.3 is 0 Å². The number of hydrogen-bond acceptors (Lipinski definition) is 8. The lowest BCUT2D eigenvalue weighted by atomic mass is 10.1. The standard InChI is InChI=1S/C30H64N2O6S2/c1-3-5-7-9-11-13-15-17-19-21-23-25-27-31-37-39(33,34)29-30-40(35,36)38-32-28-26-24-22-20-18-16-14-12-10-8-6-4-2/h31-32H,3-30H2,1-2H3. The van der Waals surface area contributed by atoms with Crippen LogP contribution in [0.4, 0.5) is 0 Å². The SMILES string of the molecule is CCCCCCCCCCCCCCNOS(=O)(=O)CCS(=O)(=O)ONCCCCCCCCCCCCCC. The first-order valence-electron chi connectivity index (χ1n) is 16.6. The number of hydroxylamine groups is 2. The van der Waals surface area contributed by atoms with Crippen LogP contribution >= 0.6 is 0 Å². The molecule has 0 atom stereocenters. The molecule has 0 aromatic heterocycles. The highest BCUT2D eigenvalue weighted by Gasteiger charge is 2.19. The maximum absolute atomic E-state index is 12.0. The third kappa shape index (κ3) is 30.7. The molecule has 40 heavy (non-hydrogen) atoms. The molecular formula is C30H64N2O6S2. The van der Waals surface area contributed by atoms with Gasteiger partial charge in [-0.2, -0.15) is 36.4 Å². The van der Waals surface area contributed by atoms with Crippen molar-refractivity contribution in [2.24, 2.45) is 0 Å². The Morgan fingerprint density at radius 2 is 0.600 bits per heavy atom. The fourth-order valence-corrected chi connectivity index (χ4v) is 6.95. The normalized spacial score (nSPS) is 12.3. The average molecular weight is 613 g/mol. The summed E-state index contributed by atoms with van der Waals surface area (Å²) in [7, 11) is -7.98. The first-order chi connectivity index (χ1) is 19.3. The molecule has 0 saturated carbocycles. The summed E-state index contributed by atoms with van der Waals surface area (Å²) in [5.41, 5.74) is 4.91. The smallest absolute Gasteiger partial charge is 0.198 e. The van der Waals surface area contributed by atoms with E-state index in [-0.39, 0.29) is 0 Å². The van der Waals surface area contributed by atoms with E-state index in [1.165, 1.54) is 116 Å². The Bertz CT molecular complexity index is 670. The Kier molecular flexibility index (Phi) is 28.7. The van der Waals surface area contributed by atoms with Gasteiger partial charge in [-0.05, 0) is 12.8 Å². The van der Waals surface area contributed by atoms with E-state index in [2.05, 4.69) is 24.8 Å². The molecule has 8 nitrogen and oxygen atoms in total. The van der Waals surface area contributed by atoms with Crippen LogP contribution in [0, 0.1) is 0 Å². The molecule has 242 valence electrons. The molecule has 0 rings (SSSR count). The van der Waals surface area contributed by atoms with E-state index < -0.39 is 31.7 Å². The van der Waals surface area contributed by atoms with Crippen LogP contribution in [0.2, 0.25) is 0 Å². The van der Waals surface area contributed by atoms with E-state index in [1.54, 1.807) is 0 Å². The maximum atomic E-state index is 12.0. The van der Waals surface area contributed by atoms with Crippen molar-refractivity contribution in [2.75, 3.05) is 24.6 Å². The second-order valence-corrected chi connectivity index (χ2v) is 14.6. The zero-order valence-corrected chi connectivity index (χ0v) is 27.7. The van der Waals surface area contributed by atoms with Crippen molar-refractivity contribution < 1.29 is 25.4 Å². The minimum Gasteiger partial charge on any atom is -0.198 e. The second kappa shape index (κ2) is 28.8. The van der Waals surface area contributed by atoms with Crippen molar-refractivity contribution in [3.05, 3.63) is 0 Å². The molecule has 0 unspecified atom stereocenters. The molecule has 0 aromatic rings. The summed E-state index contributed by atoms with van der Waals surface area (Å²) >= 11 is 0. The molecule has 0 amide bonds. The predicted molar refractivity (Wildman–Crippen MR) is 168 cm³/mol. The van der Waals surface area contributed by atoms with Gasteiger partial charge in [-0.3, -0.25) is 0 Å². The van der Waals surface area contributed by atoms with Gasteiger partial charge in [0.25, 0.3) is 20.2 Å². The van der Waals surface area contributed by atoms with E-state index in [1.807, 2.05) is 0 Å². The average Bonchev–Trinajstić information content (AvgIpc) is 2.92. The van der Waals surface area contributed by atoms with E-state index >= 15 is 0 Å². The van der Waals surface area contributed by atoms with Gasteiger partial charge in [0.05, 0.1) is 11.5 Å². The van der Waals surface area contributed by atoms with E-state index in [9.17, 15) is 16.8 Å². The molecule has 2 N–H and O–H groups in total. The van der Waals surface area contributed by atoms with Crippen LogP contribution in [0.25, 0.3) is 0 Å². The number of unbranched alkanes of at least 4 members (excludes halogenated alkanes) is 22. The Hall–Kier alpha value is -0.260. The Morgan fingerprint density at radius 3 is 0.850 bits per heavy atom. The van der Waals surface area contributed by atoms with Gasteiger partial charge in [0, 0.05) is 13.1 Å². The van der Waals surface area contributed by atoms with Crippen molar-refractivity contribution in [3.63, 3.8) is 0 Å². The highest BCUT2D eigenvalue weighted by Crippen LogP contribution is 2.13. The molecule has 0 bridgehead atoms. The number of hydrogen-bond donors (Lipinski definition) is 2. The second-order valence-electron chi connectivity index (χ2n) is 11.3. The van der Waals surface area contributed by atoms with Crippen LogP contribution in [0.1, 0.15) is 168 Å². The van der Waals surface area contributed by atoms with Crippen LogP contribution in [0.15, 0.2) is 0 Å². The highest BCUT2D eigenvalue weighted by atomic mass is 32.2. The predicted octanol–water partition coefficient (Wildman–Crippen LogP) is 8.09. The van der Waals surface area contributed by atoms with Crippen molar-refractivity contribution in [1.29, 1.82) is 0 Å². The molecule has 0 aliphatic carbocycles. The summed E-state index contributed by atoms with van der Waals surface area (Å²) in [4.78, 5) is 0. The molecule has 0 heterocycles. The van der Waals surface area contributed by atoms with Crippen LogP contribution < -0.4 is 11.0 Å².